The van der Waals surface area contributed by atoms with Crippen LogP contribution in [0.5, 0.6) is 0 Å². The SMILES string of the molecule is O=C(NCCC=Cc1ccc(C(F)(F)F)cc1[N+](=O)[O-])OCC1c2ccccc2-c2ccccc21. The molecule has 1 amide bonds. The van der Waals surface area contributed by atoms with Crippen LogP contribution in [0.2, 0.25) is 0 Å². The Morgan fingerprint density at radius 1 is 1.03 bits per heavy atom. The van der Waals surface area contributed by atoms with Crippen molar-refractivity contribution in [2.45, 2.75) is 18.5 Å². The van der Waals surface area contributed by atoms with Crippen LogP contribution < -0.4 is 5.32 Å². The zero-order valence-corrected chi connectivity index (χ0v) is 18.4. The molecule has 180 valence electrons. The number of nitro groups is 1. The number of hydrogen-bond acceptors (Lipinski definition) is 4. The number of nitrogens with zero attached hydrogens (tertiary/aromatic N) is 1. The number of nitrogens with one attached hydrogen (secondary N) is 1. The van der Waals surface area contributed by atoms with E-state index < -0.39 is 28.4 Å². The zero-order chi connectivity index (χ0) is 25.0. The number of amides is 1. The lowest BCUT2D eigenvalue weighted by Crippen LogP contribution is -2.26. The summed E-state index contributed by atoms with van der Waals surface area (Å²) >= 11 is 0. The molecule has 3 aromatic rings. The van der Waals surface area contributed by atoms with E-state index in [1.165, 1.54) is 6.08 Å². The predicted molar refractivity (Wildman–Crippen MR) is 125 cm³/mol. The van der Waals surface area contributed by atoms with Crippen LogP contribution in [0.1, 0.15) is 34.6 Å². The summed E-state index contributed by atoms with van der Waals surface area (Å²) in [7, 11) is 0. The van der Waals surface area contributed by atoms with E-state index in [9.17, 15) is 28.1 Å². The van der Waals surface area contributed by atoms with Gasteiger partial charge in [-0.15, -0.1) is 0 Å². The number of alkyl halides is 3. The van der Waals surface area contributed by atoms with Gasteiger partial charge < -0.3 is 10.1 Å². The normalized spacial score (nSPS) is 12.9. The number of halogens is 3. The van der Waals surface area contributed by atoms with Crippen LogP contribution >= 0.6 is 0 Å². The minimum absolute atomic E-state index is 0.0455. The highest BCUT2D eigenvalue weighted by Gasteiger charge is 2.32. The summed E-state index contributed by atoms with van der Waals surface area (Å²) in [4.78, 5) is 22.5. The van der Waals surface area contributed by atoms with Crippen molar-refractivity contribution in [3.05, 3.63) is 105 Å². The summed E-state index contributed by atoms with van der Waals surface area (Å²) in [6.07, 6.45) is -2.06. The smallest absolute Gasteiger partial charge is 0.416 e. The summed E-state index contributed by atoms with van der Waals surface area (Å²) in [6, 6.07) is 18.3. The molecule has 0 spiro atoms. The fraction of sp³-hybridized carbons (Fsp3) is 0.192. The monoisotopic (exact) mass is 482 g/mol. The number of carbonyl (C=O) groups excluding carboxylic acids is 1. The van der Waals surface area contributed by atoms with E-state index in [1.54, 1.807) is 6.08 Å². The first kappa shape index (κ1) is 24.0. The van der Waals surface area contributed by atoms with Gasteiger partial charge >= 0.3 is 12.3 Å². The van der Waals surface area contributed by atoms with Gasteiger partial charge in [-0.3, -0.25) is 10.1 Å². The molecular weight excluding hydrogens is 461 g/mol. The lowest BCUT2D eigenvalue weighted by atomic mass is 9.98. The van der Waals surface area contributed by atoms with E-state index in [2.05, 4.69) is 5.32 Å². The molecule has 1 aliphatic carbocycles. The van der Waals surface area contributed by atoms with E-state index in [0.29, 0.717) is 12.5 Å². The van der Waals surface area contributed by atoms with Crippen molar-refractivity contribution in [1.82, 2.24) is 5.32 Å². The van der Waals surface area contributed by atoms with Gasteiger partial charge in [-0.25, -0.2) is 4.79 Å². The second-order valence-corrected chi connectivity index (χ2v) is 7.97. The molecule has 35 heavy (non-hydrogen) atoms. The van der Waals surface area contributed by atoms with E-state index in [-0.39, 0.29) is 24.6 Å². The number of fused-ring (bicyclic) bond motifs is 3. The third-order valence-electron chi connectivity index (χ3n) is 5.78. The Kier molecular flexibility index (Phi) is 6.86. The van der Waals surface area contributed by atoms with E-state index >= 15 is 0 Å². The summed E-state index contributed by atoms with van der Waals surface area (Å²) in [5, 5.41) is 13.8. The Balaban J connectivity index is 1.30. The first-order valence-electron chi connectivity index (χ1n) is 10.9. The van der Waals surface area contributed by atoms with Crippen LogP contribution in [-0.4, -0.2) is 24.2 Å². The lowest BCUT2D eigenvalue weighted by Gasteiger charge is -2.14. The summed E-state index contributed by atoms with van der Waals surface area (Å²) in [5.74, 6) is -0.0618. The van der Waals surface area contributed by atoms with Crippen LogP contribution in [0.4, 0.5) is 23.7 Å². The molecule has 6 nitrogen and oxygen atoms in total. The van der Waals surface area contributed by atoms with Gasteiger partial charge in [0, 0.05) is 18.5 Å². The molecular formula is C26H21F3N2O4. The van der Waals surface area contributed by atoms with Crippen molar-refractivity contribution in [1.29, 1.82) is 0 Å². The maximum atomic E-state index is 12.8. The van der Waals surface area contributed by atoms with Crippen molar-refractivity contribution < 1.29 is 27.6 Å². The Labute approximate surface area is 199 Å². The molecule has 0 radical (unpaired) electrons. The Bertz CT molecular complexity index is 1240. The summed E-state index contributed by atoms with van der Waals surface area (Å²) < 4.78 is 43.8. The molecule has 4 rings (SSSR count). The van der Waals surface area contributed by atoms with Crippen molar-refractivity contribution in [2.75, 3.05) is 13.2 Å². The fourth-order valence-electron chi connectivity index (χ4n) is 4.14. The van der Waals surface area contributed by atoms with Gasteiger partial charge in [0.05, 0.1) is 16.1 Å². The first-order valence-corrected chi connectivity index (χ1v) is 10.9. The maximum Gasteiger partial charge on any atom is 0.416 e. The lowest BCUT2D eigenvalue weighted by molar-refractivity contribution is -0.385. The molecule has 0 saturated heterocycles. The van der Waals surface area contributed by atoms with Crippen molar-refractivity contribution in [3.8, 4) is 11.1 Å². The standard InChI is InChI=1S/C26H21F3N2O4/c27-26(28,29)18-13-12-17(24(15-18)31(33)34)7-5-6-14-30-25(32)35-16-23-21-10-3-1-8-19(21)20-9-2-4-11-22(20)23/h1-5,7-13,15,23H,6,14,16H2,(H,30,32). The predicted octanol–water partition coefficient (Wildman–Crippen LogP) is 6.56. The van der Waals surface area contributed by atoms with E-state index in [4.69, 9.17) is 4.74 Å². The van der Waals surface area contributed by atoms with Gasteiger partial charge in [0.2, 0.25) is 0 Å². The number of hydrogen-bond donors (Lipinski definition) is 1. The number of rotatable bonds is 7. The minimum atomic E-state index is -4.67. The third-order valence-corrected chi connectivity index (χ3v) is 5.78. The minimum Gasteiger partial charge on any atom is -0.449 e. The van der Waals surface area contributed by atoms with Crippen LogP contribution in [0.3, 0.4) is 0 Å². The van der Waals surface area contributed by atoms with Gasteiger partial charge in [0.1, 0.15) is 6.61 Å². The molecule has 9 heteroatoms. The second-order valence-electron chi connectivity index (χ2n) is 7.97. The van der Waals surface area contributed by atoms with Crippen molar-refractivity contribution >= 4 is 17.9 Å². The molecule has 0 fully saturated rings. The average Bonchev–Trinajstić information content (AvgIpc) is 3.15. The van der Waals surface area contributed by atoms with Crippen LogP contribution in [0.15, 0.2) is 72.8 Å². The molecule has 0 heterocycles. The first-order chi connectivity index (χ1) is 16.8. The molecule has 0 aromatic heterocycles. The van der Waals surface area contributed by atoms with Crippen molar-refractivity contribution in [3.63, 3.8) is 0 Å². The Hall–Kier alpha value is -4.14. The number of nitro benzene ring substituents is 1. The fourth-order valence-corrected chi connectivity index (χ4v) is 4.14. The molecule has 0 aliphatic heterocycles. The number of ether oxygens (including phenoxy) is 1. The van der Waals surface area contributed by atoms with Crippen LogP contribution in [0, 0.1) is 10.1 Å². The highest BCUT2D eigenvalue weighted by atomic mass is 19.4. The van der Waals surface area contributed by atoms with Crippen LogP contribution in [0.25, 0.3) is 17.2 Å². The quantitative estimate of drug-likeness (QED) is 0.235. The summed E-state index contributed by atoms with van der Waals surface area (Å²) in [5.41, 5.74) is 2.77. The third kappa shape index (κ3) is 5.34. The van der Waals surface area contributed by atoms with Gasteiger partial charge in [-0.1, -0.05) is 60.7 Å². The molecule has 1 N–H and O–H groups in total. The zero-order valence-electron chi connectivity index (χ0n) is 18.4. The van der Waals surface area contributed by atoms with Gasteiger partial charge in [-0.05, 0) is 40.8 Å². The number of carbonyl (C=O) groups is 1. The molecule has 0 bridgehead atoms. The van der Waals surface area contributed by atoms with E-state index in [0.717, 1.165) is 34.4 Å². The maximum absolute atomic E-state index is 12.8. The summed E-state index contributed by atoms with van der Waals surface area (Å²) in [6.45, 7) is 0.370. The molecule has 0 atom stereocenters. The highest BCUT2D eigenvalue weighted by Crippen LogP contribution is 2.44. The average molecular weight is 482 g/mol. The molecule has 0 saturated carbocycles. The molecule has 3 aromatic carbocycles. The number of alkyl carbamates (subject to hydrolysis) is 1. The largest absolute Gasteiger partial charge is 0.449 e. The highest BCUT2D eigenvalue weighted by molar-refractivity contribution is 5.79. The van der Waals surface area contributed by atoms with Crippen LogP contribution in [-0.2, 0) is 10.9 Å². The molecule has 0 unspecified atom stereocenters. The van der Waals surface area contributed by atoms with Crippen molar-refractivity contribution in [2.24, 2.45) is 0 Å². The van der Waals surface area contributed by atoms with Gasteiger partial charge in [-0.2, -0.15) is 13.2 Å². The molecule has 1 aliphatic rings. The number of benzene rings is 3. The second kappa shape index (κ2) is 10.0. The Morgan fingerprint density at radius 2 is 1.66 bits per heavy atom. The Morgan fingerprint density at radius 3 is 2.26 bits per heavy atom. The topological polar surface area (TPSA) is 81.5 Å². The van der Waals surface area contributed by atoms with Gasteiger partial charge in [0.25, 0.3) is 5.69 Å². The van der Waals surface area contributed by atoms with E-state index in [1.807, 2.05) is 48.5 Å². The van der Waals surface area contributed by atoms with Gasteiger partial charge in [0.15, 0.2) is 0 Å².